The highest BCUT2D eigenvalue weighted by Crippen LogP contribution is 2.41. The van der Waals surface area contributed by atoms with Crippen molar-refractivity contribution in [2.45, 2.75) is 53.4 Å². The van der Waals surface area contributed by atoms with Crippen molar-refractivity contribution in [3.8, 4) is 5.75 Å². The summed E-state index contributed by atoms with van der Waals surface area (Å²) in [5.41, 5.74) is 2.69. The fourth-order valence-corrected chi connectivity index (χ4v) is 4.32. The number of phenols is 1. The molecule has 27 heavy (non-hydrogen) atoms. The number of aromatic hydroxyl groups is 1. The molecule has 0 saturated heterocycles. The summed E-state index contributed by atoms with van der Waals surface area (Å²) in [5, 5.41) is 18.1. The summed E-state index contributed by atoms with van der Waals surface area (Å²) in [6.45, 7) is 9.09. The molecule has 0 aliphatic carbocycles. The smallest absolute Gasteiger partial charge is 0.123 e. The first-order valence-electron chi connectivity index (χ1n) is 10.4. The van der Waals surface area contributed by atoms with Gasteiger partial charge in [0.25, 0.3) is 0 Å². The van der Waals surface area contributed by atoms with Crippen molar-refractivity contribution in [1.82, 2.24) is 0 Å². The molecule has 0 bridgehead atoms. The molecule has 0 radical (unpaired) electrons. The van der Waals surface area contributed by atoms with Gasteiger partial charge in [-0.3, -0.25) is 0 Å². The zero-order chi connectivity index (χ0) is 19.1. The van der Waals surface area contributed by atoms with Gasteiger partial charge in [0.05, 0.1) is 0 Å². The lowest BCUT2D eigenvalue weighted by Crippen LogP contribution is -1.99. The first-order chi connectivity index (χ1) is 13.0. The highest BCUT2D eigenvalue weighted by Gasteiger charge is 2.16. The Bertz CT molecular complexity index is 1070. The van der Waals surface area contributed by atoms with Crippen molar-refractivity contribution < 1.29 is 5.11 Å². The van der Waals surface area contributed by atoms with Gasteiger partial charge in [0.2, 0.25) is 0 Å². The molecular formula is C26H30O. The summed E-state index contributed by atoms with van der Waals surface area (Å²) in [6.07, 6.45) is 4.51. The van der Waals surface area contributed by atoms with Gasteiger partial charge in [0.1, 0.15) is 5.75 Å². The van der Waals surface area contributed by atoms with Crippen molar-refractivity contribution in [3.63, 3.8) is 0 Å². The number of benzene rings is 4. The normalized spacial score (nSPS) is 13.4. The van der Waals surface area contributed by atoms with E-state index in [9.17, 15) is 5.11 Å². The first kappa shape index (κ1) is 18.1. The molecule has 4 aromatic carbocycles. The molecule has 0 aliphatic rings. The maximum atomic E-state index is 10.7. The van der Waals surface area contributed by atoms with Gasteiger partial charge < -0.3 is 5.11 Å². The van der Waals surface area contributed by atoms with Gasteiger partial charge in [0.15, 0.2) is 0 Å². The monoisotopic (exact) mass is 358 g/mol. The van der Waals surface area contributed by atoms with Crippen molar-refractivity contribution in [2.75, 3.05) is 0 Å². The van der Waals surface area contributed by atoms with Crippen LogP contribution in [0.4, 0.5) is 0 Å². The van der Waals surface area contributed by atoms with E-state index < -0.39 is 0 Å². The molecule has 0 fully saturated rings. The van der Waals surface area contributed by atoms with Crippen LogP contribution in [0, 0.1) is 11.8 Å². The molecule has 1 atom stereocenters. The largest absolute Gasteiger partial charge is 0.507 e. The molecule has 1 unspecified atom stereocenters. The Morgan fingerprint density at radius 3 is 2.15 bits per heavy atom. The molecule has 1 heteroatoms. The van der Waals surface area contributed by atoms with E-state index in [0.717, 1.165) is 30.6 Å². The SMILES string of the molecule is CCC(C)Cc1cc(O)c2ccc3cc(CCC(C)C)cc4ccc1c2c34. The van der Waals surface area contributed by atoms with Crippen molar-refractivity contribution in [1.29, 1.82) is 0 Å². The van der Waals surface area contributed by atoms with Crippen molar-refractivity contribution >= 4 is 32.3 Å². The quantitative estimate of drug-likeness (QED) is 0.354. The van der Waals surface area contributed by atoms with E-state index in [0.29, 0.717) is 11.7 Å². The van der Waals surface area contributed by atoms with Crippen LogP contribution >= 0.6 is 0 Å². The summed E-state index contributed by atoms with van der Waals surface area (Å²) in [5.74, 6) is 1.75. The summed E-state index contributed by atoms with van der Waals surface area (Å²) in [6, 6.07) is 15.5. The third-order valence-electron chi connectivity index (χ3n) is 6.12. The molecule has 0 amide bonds. The zero-order valence-electron chi connectivity index (χ0n) is 17.0. The van der Waals surface area contributed by atoms with Crippen LogP contribution in [-0.4, -0.2) is 5.11 Å². The van der Waals surface area contributed by atoms with Gasteiger partial charge in [0, 0.05) is 10.8 Å². The molecular weight excluding hydrogens is 328 g/mol. The molecule has 140 valence electrons. The summed E-state index contributed by atoms with van der Waals surface area (Å²) in [4.78, 5) is 0. The van der Waals surface area contributed by atoms with Crippen LogP contribution in [-0.2, 0) is 12.8 Å². The molecule has 4 aromatic rings. The van der Waals surface area contributed by atoms with Crippen LogP contribution in [0.1, 0.15) is 51.7 Å². The van der Waals surface area contributed by atoms with Crippen LogP contribution < -0.4 is 0 Å². The van der Waals surface area contributed by atoms with E-state index >= 15 is 0 Å². The van der Waals surface area contributed by atoms with Crippen LogP contribution in [0.5, 0.6) is 5.75 Å². The van der Waals surface area contributed by atoms with E-state index in [-0.39, 0.29) is 0 Å². The fourth-order valence-electron chi connectivity index (χ4n) is 4.32. The number of phenolic OH excluding ortho intramolecular Hbond substituents is 1. The molecule has 0 saturated carbocycles. The standard InChI is InChI=1S/C26H30O/c1-5-17(4)12-21-15-24(27)23-11-9-20-14-18(7-6-16(2)3)13-19-8-10-22(21)26(23)25(19)20/h8-11,13-17,27H,5-7,12H2,1-4H3. The third kappa shape index (κ3) is 3.25. The zero-order valence-corrected chi connectivity index (χ0v) is 17.0. The average molecular weight is 359 g/mol. The molecule has 1 N–H and O–H groups in total. The fraction of sp³-hybridized carbons (Fsp3) is 0.385. The van der Waals surface area contributed by atoms with Gasteiger partial charge in [-0.1, -0.05) is 70.5 Å². The van der Waals surface area contributed by atoms with E-state index in [1.807, 2.05) is 6.07 Å². The van der Waals surface area contributed by atoms with Crippen molar-refractivity contribution in [2.24, 2.45) is 11.8 Å². The molecule has 0 spiro atoms. The second kappa shape index (κ2) is 7.03. The molecule has 0 aromatic heterocycles. The molecule has 4 rings (SSSR count). The Morgan fingerprint density at radius 2 is 1.52 bits per heavy atom. The van der Waals surface area contributed by atoms with Gasteiger partial charge in [-0.15, -0.1) is 0 Å². The lowest BCUT2D eigenvalue weighted by atomic mass is 9.87. The predicted octanol–water partition coefficient (Wildman–Crippen LogP) is 7.47. The average Bonchev–Trinajstić information content (AvgIpc) is 2.65. The van der Waals surface area contributed by atoms with Crippen LogP contribution in [0.2, 0.25) is 0 Å². The van der Waals surface area contributed by atoms with E-state index in [1.54, 1.807) is 0 Å². The molecule has 0 aliphatic heterocycles. The lowest BCUT2D eigenvalue weighted by molar-refractivity contribution is 0.480. The van der Waals surface area contributed by atoms with Gasteiger partial charge >= 0.3 is 0 Å². The topological polar surface area (TPSA) is 20.2 Å². The summed E-state index contributed by atoms with van der Waals surface area (Å²) in [7, 11) is 0. The minimum atomic E-state index is 0.416. The van der Waals surface area contributed by atoms with Crippen LogP contribution in [0.3, 0.4) is 0 Å². The summed E-state index contributed by atoms with van der Waals surface area (Å²) >= 11 is 0. The Balaban J connectivity index is 1.95. The Labute approximate surface area is 162 Å². The van der Waals surface area contributed by atoms with Crippen LogP contribution in [0.15, 0.2) is 42.5 Å². The van der Waals surface area contributed by atoms with Crippen molar-refractivity contribution in [3.05, 3.63) is 53.6 Å². The second-order valence-corrected chi connectivity index (χ2v) is 8.72. The Hall–Kier alpha value is -2.28. The lowest BCUT2D eigenvalue weighted by Gasteiger charge is -2.18. The maximum absolute atomic E-state index is 10.7. The minimum Gasteiger partial charge on any atom is -0.507 e. The number of hydrogen-bond acceptors (Lipinski definition) is 1. The highest BCUT2D eigenvalue weighted by atomic mass is 16.3. The van der Waals surface area contributed by atoms with Crippen LogP contribution in [0.25, 0.3) is 32.3 Å². The second-order valence-electron chi connectivity index (χ2n) is 8.72. The maximum Gasteiger partial charge on any atom is 0.123 e. The Kier molecular flexibility index (Phi) is 4.72. The summed E-state index contributed by atoms with van der Waals surface area (Å²) < 4.78 is 0. The van der Waals surface area contributed by atoms with E-state index in [2.05, 4.69) is 64.1 Å². The highest BCUT2D eigenvalue weighted by molar-refractivity contribution is 6.24. The third-order valence-corrected chi connectivity index (χ3v) is 6.12. The predicted molar refractivity (Wildman–Crippen MR) is 118 cm³/mol. The van der Waals surface area contributed by atoms with E-state index in [4.69, 9.17) is 0 Å². The molecule has 1 nitrogen and oxygen atoms in total. The number of rotatable bonds is 6. The van der Waals surface area contributed by atoms with Gasteiger partial charge in [-0.25, -0.2) is 0 Å². The van der Waals surface area contributed by atoms with E-state index in [1.165, 1.54) is 44.5 Å². The number of aryl methyl sites for hydroxylation is 1. The van der Waals surface area contributed by atoms with Gasteiger partial charge in [-0.05, 0) is 69.8 Å². The van der Waals surface area contributed by atoms with Gasteiger partial charge in [-0.2, -0.15) is 0 Å². The molecule has 0 heterocycles. The minimum absolute atomic E-state index is 0.416. The Morgan fingerprint density at radius 1 is 0.852 bits per heavy atom. The first-order valence-corrected chi connectivity index (χ1v) is 10.4. The number of hydrogen-bond donors (Lipinski definition) is 1.